The fourth-order valence-electron chi connectivity index (χ4n) is 3.43. The van der Waals surface area contributed by atoms with E-state index in [1.807, 2.05) is 36.4 Å². The summed E-state index contributed by atoms with van der Waals surface area (Å²) in [4.78, 5) is 12.1. The van der Waals surface area contributed by atoms with E-state index in [9.17, 15) is 4.79 Å². The Morgan fingerprint density at radius 1 is 0.962 bits per heavy atom. The molecular weight excluding hydrogens is 344 g/mol. The molecule has 2 rings (SSSR count). The second-order valence-electron chi connectivity index (χ2n) is 7.07. The van der Waals surface area contributed by atoms with Crippen LogP contribution < -0.4 is 10.6 Å². The minimum atomic E-state index is -0.211. The Labute approximate surface area is 162 Å². The summed E-state index contributed by atoms with van der Waals surface area (Å²) in [5.74, 6) is 0. The first kappa shape index (κ1) is 20.3. The van der Waals surface area contributed by atoms with E-state index in [0.29, 0.717) is 11.6 Å². The number of benzene rings is 2. The summed E-state index contributed by atoms with van der Waals surface area (Å²) < 4.78 is 0. The molecule has 0 aliphatic carbocycles. The summed E-state index contributed by atoms with van der Waals surface area (Å²) in [6, 6.07) is 15.5. The molecule has 140 valence electrons. The van der Waals surface area contributed by atoms with Gasteiger partial charge in [-0.15, -0.1) is 0 Å². The molecule has 0 saturated heterocycles. The molecule has 2 N–H and O–H groups in total. The van der Waals surface area contributed by atoms with Crippen LogP contribution in [0.3, 0.4) is 0 Å². The maximum absolute atomic E-state index is 12.1. The van der Waals surface area contributed by atoms with E-state index in [0.717, 1.165) is 11.3 Å². The number of carbonyl (C=O) groups excluding carboxylic acids is 1. The van der Waals surface area contributed by atoms with Crippen molar-refractivity contribution < 1.29 is 4.79 Å². The highest BCUT2D eigenvalue weighted by Gasteiger charge is 2.24. The van der Waals surface area contributed by atoms with Crippen molar-refractivity contribution in [3.05, 3.63) is 64.7 Å². The minimum Gasteiger partial charge on any atom is -0.334 e. The van der Waals surface area contributed by atoms with Crippen LogP contribution in [0.2, 0.25) is 5.02 Å². The smallest absolute Gasteiger partial charge is 0.319 e. The van der Waals surface area contributed by atoms with Crippen LogP contribution >= 0.6 is 11.6 Å². The molecule has 0 unspecified atom stereocenters. The number of carbonyl (C=O) groups is 1. The summed E-state index contributed by atoms with van der Waals surface area (Å²) in [5, 5.41) is 6.44. The van der Waals surface area contributed by atoms with Crippen molar-refractivity contribution in [2.24, 2.45) is 0 Å². The third-order valence-corrected chi connectivity index (χ3v) is 5.06. The zero-order valence-corrected chi connectivity index (χ0v) is 16.7. The third kappa shape index (κ3) is 5.77. The number of hydrogen-bond acceptors (Lipinski definition) is 1. The number of anilines is 1. The zero-order chi connectivity index (χ0) is 19.0. The van der Waals surface area contributed by atoms with E-state index in [1.165, 1.54) is 31.2 Å². The first-order chi connectivity index (χ1) is 12.5. The highest BCUT2D eigenvalue weighted by molar-refractivity contribution is 6.30. The molecule has 0 bridgehead atoms. The highest BCUT2D eigenvalue weighted by atomic mass is 35.5. The Balaban J connectivity index is 1.93. The van der Waals surface area contributed by atoms with Gasteiger partial charge >= 0.3 is 6.03 Å². The number of amides is 2. The molecule has 0 aromatic heterocycles. The van der Waals surface area contributed by atoms with Gasteiger partial charge in [0.05, 0.1) is 0 Å². The fourth-order valence-corrected chi connectivity index (χ4v) is 3.56. The van der Waals surface area contributed by atoms with Gasteiger partial charge in [-0.1, -0.05) is 69.5 Å². The largest absolute Gasteiger partial charge is 0.334 e. The van der Waals surface area contributed by atoms with E-state index < -0.39 is 0 Å². The summed E-state index contributed by atoms with van der Waals surface area (Å²) >= 11 is 5.87. The molecule has 0 heterocycles. The molecule has 2 aromatic carbocycles. The van der Waals surface area contributed by atoms with Crippen molar-refractivity contribution in [1.29, 1.82) is 0 Å². The monoisotopic (exact) mass is 372 g/mol. The maximum atomic E-state index is 12.1. The molecule has 0 aliphatic rings. The Morgan fingerprint density at radius 3 is 2.08 bits per heavy atom. The summed E-state index contributed by atoms with van der Waals surface area (Å²) in [5.41, 5.74) is 3.36. The van der Waals surface area contributed by atoms with Gasteiger partial charge in [-0.05, 0) is 53.6 Å². The van der Waals surface area contributed by atoms with Gasteiger partial charge < -0.3 is 10.6 Å². The number of urea groups is 1. The maximum Gasteiger partial charge on any atom is 0.319 e. The minimum absolute atomic E-state index is 0.207. The first-order valence-electron chi connectivity index (χ1n) is 9.36. The molecule has 0 atom stereocenters. The lowest BCUT2D eigenvalue weighted by Gasteiger charge is -2.30. The van der Waals surface area contributed by atoms with Crippen LogP contribution in [0.25, 0.3) is 0 Å². The Bertz CT molecular complexity index is 689. The van der Waals surface area contributed by atoms with Gasteiger partial charge in [0, 0.05) is 17.3 Å². The second-order valence-corrected chi connectivity index (χ2v) is 7.51. The quantitative estimate of drug-likeness (QED) is 0.544. The number of nitrogens with one attached hydrogen (secondary N) is 2. The molecule has 2 amide bonds. The van der Waals surface area contributed by atoms with Crippen molar-refractivity contribution >= 4 is 23.3 Å². The molecule has 26 heavy (non-hydrogen) atoms. The second kappa shape index (κ2) is 9.63. The molecule has 2 aromatic rings. The number of rotatable bonds is 8. The molecule has 4 heteroatoms. The Hall–Kier alpha value is -2.00. The van der Waals surface area contributed by atoms with Crippen LogP contribution in [0, 0.1) is 0 Å². The van der Waals surface area contributed by atoms with E-state index in [1.54, 1.807) is 0 Å². The topological polar surface area (TPSA) is 41.1 Å². The van der Waals surface area contributed by atoms with Crippen LogP contribution in [0.4, 0.5) is 10.5 Å². The van der Waals surface area contributed by atoms with Crippen molar-refractivity contribution in [2.75, 3.05) is 5.32 Å². The van der Waals surface area contributed by atoms with Crippen LogP contribution in [-0.2, 0) is 12.0 Å². The summed E-state index contributed by atoms with van der Waals surface area (Å²) in [6.07, 6.45) is 4.69. The molecule has 0 fully saturated rings. The molecule has 3 nitrogen and oxygen atoms in total. The van der Waals surface area contributed by atoms with Gasteiger partial charge in [0.25, 0.3) is 0 Å². The van der Waals surface area contributed by atoms with Gasteiger partial charge in [-0.3, -0.25) is 0 Å². The lowest BCUT2D eigenvalue weighted by molar-refractivity contribution is 0.251. The average Bonchev–Trinajstić information content (AvgIpc) is 2.62. The predicted octanol–water partition coefficient (Wildman–Crippen LogP) is 6.52. The fraction of sp³-hybridized carbons (Fsp3) is 0.409. The van der Waals surface area contributed by atoms with E-state index in [2.05, 4.69) is 43.5 Å². The lowest BCUT2D eigenvalue weighted by Crippen LogP contribution is -2.28. The summed E-state index contributed by atoms with van der Waals surface area (Å²) in [6.45, 7) is 7.26. The average molecular weight is 373 g/mol. The van der Waals surface area contributed by atoms with Gasteiger partial charge in [0.15, 0.2) is 0 Å². The zero-order valence-electron chi connectivity index (χ0n) is 15.9. The molecule has 0 saturated carbocycles. The highest BCUT2D eigenvalue weighted by Crippen LogP contribution is 2.34. The van der Waals surface area contributed by atoms with E-state index >= 15 is 0 Å². The third-order valence-electron chi connectivity index (χ3n) is 4.81. The standard InChI is InChI=1S/C22H29ClN2O/c1-4-14-22(3,15-5-2)18-8-12-20(13-9-18)25-21(26)24-16-17-6-10-19(23)11-7-17/h6-13H,4-5,14-16H2,1-3H3,(H2,24,25,26). The van der Waals surface area contributed by atoms with Gasteiger partial charge in [-0.2, -0.15) is 0 Å². The van der Waals surface area contributed by atoms with Crippen molar-refractivity contribution in [3.8, 4) is 0 Å². The number of halogens is 1. The van der Waals surface area contributed by atoms with Crippen LogP contribution in [-0.4, -0.2) is 6.03 Å². The number of hydrogen-bond donors (Lipinski definition) is 2. The predicted molar refractivity (Wildman–Crippen MR) is 111 cm³/mol. The van der Waals surface area contributed by atoms with Crippen molar-refractivity contribution in [1.82, 2.24) is 5.32 Å². The van der Waals surface area contributed by atoms with Gasteiger partial charge in [-0.25, -0.2) is 4.79 Å². The van der Waals surface area contributed by atoms with E-state index in [-0.39, 0.29) is 11.4 Å². The van der Waals surface area contributed by atoms with Crippen molar-refractivity contribution in [3.63, 3.8) is 0 Å². The Morgan fingerprint density at radius 2 is 1.54 bits per heavy atom. The molecule has 0 spiro atoms. The lowest BCUT2D eigenvalue weighted by atomic mass is 9.75. The van der Waals surface area contributed by atoms with Gasteiger partial charge in [0.2, 0.25) is 0 Å². The molecule has 0 radical (unpaired) electrons. The van der Waals surface area contributed by atoms with Crippen LogP contribution in [0.1, 0.15) is 57.6 Å². The first-order valence-corrected chi connectivity index (χ1v) is 9.74. The van der Waals surface area contributed by atoms with Crippen LogP contribution in [0.15, 0.2) is 48.5 Å². The summed E-state index contributed by atoms with van der Waals surface area (Å²) in [7, 11) is 0. The van der Waals surface area contributed by atoms with Crippen molar-refractivity contribution in [2.45, 2.75) is 58.4 Å². The molecular formula is C22H29ClN2O. The van der Waals surface area contributed by atoms with Crippen LogP contribution in [0.5, 0.6) is 0 Å². The normalized spacial score (nSPS) is 11.2. The molecule has 0 aliphatic heterocycles. The SMILES string of the molecule is CCCC(C)(CCC)c1ccc(NC(=O)NCc2ccc(Cl)cc2)cc1. The van der Waals surface area contributed by atoms with E-state index in [4.69, 9.17) is 11.6 Å². The Kier molecular flexibility index (Phi) is 7.52. The van der Waals surface area contributed by atoms with Gasteiger partial charge in [0.1, 0.15) is 0 Å².